The van der Waals surface area contributed by atoms with Gasteiger partial charge in [0.1, 0.15) is 0 Å². The van der Waals surface area contributed by atoms with E-state index >= 15 is 0 Å². The minimum atomic E-state index is 0.588. The van der Waals surface area contributed by atoms with E-state index < -0.39 is 0 Å². The Bertz CT molecular complexity index is 261. The third-order valence-electron chi connectivity index (χ3n) is 1.64. The summed E-state index contributed by atoms with van der Waals surface area (Å²) in [6, 6.07) is 6.11. The largest absolute Gasteiger partial charge is 0.384 e. The van der Waals surface area contributed by atoms with E-state index in [9.17, 15) is 0 Å². The first-order valence-electron chi connectivity index (χ1n) is 4.00. The predicted molar refractivity (Wildman–Crippen MR) is 56.2 cm³/mol. The molecule has 0 saturated heterocycles. The molecule has 0 aliphatic carbocycles. The number of halogens is 1. The SMILES string of the molecule is CCNc1ccc(CN)cc1Br. The van der Waals surface area contributed by atoms with Crippen LogP contribution in [0.3, 0.4) is 0 Å². The monoisotopic (exact) mass is 228 g/mol. The van der Waals surface area contributed by atoms with Crippen molar-refractivity contribution in [3.63, 3.8) is 0 Å². The van der Waals surface area contributed by atoms with E-state index in [1.165, 1.54) is 0 Å². The number of hydrogen-bond donors (Lipinski definition) is 2. The van der Waals surface area contributed by atoms with Crippen LogP contribution in [0.2, 0.25) is 0 Å². The molecule has 0 spiro atoms. The van der Waals surface area contributed by atoms with Crippen molar-refractivity contribution in [1.82, 2.24) is 0 Å². The molecule has 0 unspecified atom stereocenters. The lowest BCUT2D eigenvalue weighted by Gasteiger charge is -2.06. The Balaban J connectivity index is 2.87. The molecule has 0 fully saturated rings. The van der Waals surface area contributed by atoms with E-state index in [1.54, 1.807) is 0 Å². The molecular formula is C9H13BrN2. The maximum absolute atomic E-state index is 5.50. The molecule has 0 amide bonds. The summed E-state index contributed by atoms with van der Waals surface area (Å²) < 4.78 is 1.08. The molecule has 1 aromatic carbocycles. The molecule has 3 N–H and O–H groups in total. The number of nitrogens with one attached hydrogen (secondary N) is 1. The topological polar surface area (TPSA) is 38.0 Å². The van der Waals surface area contributed by atoms with Crippen LogP contribution in [0, 0.1) is 0 Å². The highest BCUT2D eigenvalue weighted by Gasteiger charge is 1.98. The Morgan fingerprint density at radius 1 is 1.50 bits per heavy atom. The third kappa shape index (κ3) is 2.22. The number of benzene rings is 1. The van der Waals surface area contributed by atoms with Crippen LogP contribution in [0.1, 0.15) is 12.5 Å². The summed E-state index contributed by atoms with van der Waals surface area (Å²) in [5, 5.41) is 3.24. The summed E-state index contributed by atoms with van der Waals surface area (Å²) in [5.74, 6) is 0. The second kappa shape index (κ2) is 4.48. The van der Waals surface area contributed by atoms with Crippen LogP contribution < -0.4 is 11.1 Å². The van der Waals surface area contributed by atoms with Gasteiger partial charge in [-0.3, -0.25) is 0 Å². The van der Waals surface area contributed by atoms with E-state index in [0.717, 1.165) is 22.3 Å². The zero-order chi connectivity index (χ0) is 8.97. The van der Waals surface area contributed by atoms with Gasteiger partial charge in [-0.2, -0.15) is 0 Å². The molecule has 0 aliphatic rings. The summed E-state index contributed by atoms with van der Waals surface area (Å²) >= 11 is 3.47. The van der Waals surface area contributed by atoms with Crippen LogP contribution in [-0.4, -0.2) is 6.54 Å². The van der Waals surface area contributed by atoms with Crippen molar-refractivity contribution in [2.75, 3.05) is 11.9 Å². The fourth-order valence-corrected chi connectivity index (χ4v) is 1.59. The molecule has 0 atom stereocenters. The van der Waals surface area contributed by atoms with E-state index in [4.69, 9.17) is 5.73 Å². The Labute approximate surface area is 81.3 Å². The highest BCUT2D eigenvalue weighted by Crippen LogP contribution is 2.23. The van der Waals surface area contributed by atoms with Gasteiger partial charge in [0.15, 0.2) is 0 Å². The van der Waals surface area contributed by atoms with E-state index in [-0.39, 0.29) is 0 Å². The summed E-state index contributed by atoms with van der Waals surface area (Å²) in [4.78, 5) is 0. The van der Waals surface area contributed by atoms with Gasteiger partial charge >= 0.3 is 0 Å². The maximum Gasteiger partial charge on any atom is 0.0484 e. The quantitative estimate of drug-likeness (QED) is 0.834. The molecule has 66 valence electrons. The van der Waals surface area contributed by atoms with Gasteiger partial charge in [0.05, 0.1) is 0 Å². The highest BCUT2D eigenvalue weighted by atomic mass is 79.9. The van der Waals surface area contributed by atoms with Gasteiger partial charge in [-0.05, 0) is 40.5 Å². The molecule has 1 rings (SSSR count). The van der Waals surface area contributed by atoms with Gasteiger partial charge < -0.3 is 11.1 Å². The summed E-state index contributed by atoms with van der Waals surface area (Å²) in [6.07, 6.45) is 0. The van der Waals surface area contributed by atoms with Crippen molar-refractivity contribution in [3.05, 3.63) is 28.2 Å². The first-order valence-corrected chi connectivity index (χ1v) is 4.79. The standard InChI is InChI=1S/C9H13BrN2/c1-2-12-9-4-3-7(6-11)5-8(9)10/h3-5,12H,2,6,11H2,1H3. The first-order chi connectivity index (χ1) is 5.77. The third-order valence-corrected chi connectivity index (χ3v) is 2.29. The molecule has 1 aromatic rings. The molecule has 0 aromatic heterocycles. The molecule has 0 aliphatic heterocycles. The van der Waals surface area contributed by atoms with Crippen LogP contribution >= 0.6 is 15.9 Å². The van der Waals surface area contributed by atoms with Gasteiger partial charge in [-0.15, -0.1) is 0 Å². The lowest BCUT2D eigenvalue weighted by atomic mass is 10.2. The number of anilines is 1. The van der Waals surface area contributed by atoms with Gasteiger partial charge in [0.2, 0.25) is 0 Å². The number of nitrogens with two attached hydrogens (primary N) is 1. The Hall–Kier alpha value is -0.540. The molecule has 0 radical (unpaired) electrons. The maximum atomic E-state index is 5.50. The first kappa shape index (κ1) is 9.55. The van der Waals surface area contributed by atoms with Crippen LogP contribution in [0.25, 0.3) is 0 Å². The zero-order valence-electron chi connectivity index (χ0n) is 7.10. The molecule has 0 saturated carbocycles. The number of rotatable bonds is 3. The van der Waals surface area contributed by atoms with Crippen LogP contribution in [-0.2, 0) is 6.54 Å². The molecule has 0 bridgehead atoms. The summed E-state index contributed by atoms with van der Waals surface area (Å²) in [5.41, 5.74) is 7.76. The molecular weight excluding hydrogens is 216 g/mol. The van der Waals surface area contributed by atoms with Gasteiger partial charge in [0.25, 0.3) is 0 Å². The average molecular weight is 229 g/mol. The molecule has 12 heavy (non-hydrogen) atoms. The van der Waals surface area contributed by atoms with E-state index in [0.29, 0.717) is 6.54 Å². The fraction of sp³-hybridized carbons (Fsp3) is 0.333. The van der Waals surface area contributed by atoms with Gasteiger partial charge in [0, 0.05) is 23.2 Å². The van der Waals surface area contributed by atoms with Crippen molar-refractivity contribution in [3.8, 4) is 0 Å². The summed E-state index contributed by atoms with van der Waals surface area (Å²) in [7, 11) is 0. The van der Waals surface area contributed by atoms with Crippen LogP contribution in [0.5, 0.6) is 0 Å². The lowest BCUT2D eigenvalue weighted by Crippen LogP contribution is -2.00. The van der Waals surface area contributed by atoms with Crippen molar-refractivity contribution < 1.29 is 0 Å². The zero-order valence-corrected chi connectivity index (χ0v) is 8.69. The summed E-state index contributed by atoms with van der Waals surface area (Å²) in [6.45, 7) is 3.59. The molecule has 2 nitrogen and oxygen atoms in total. The highest BCUT2D eigenvalue weighted by molar-refractivity contribution is 9.10. The van der Waals surface area contributed by atoms with Gasteiger partial charge in [-0.25, -0.2) is 0 Å². The van der Waals surface area contributed by atoms with Gasteiger partial charge in [-0.1, -0.05) is 6.07 Å². The normalized spacial score (nSPS) is 9.92. The van der Waals surface area contributed by atoms with Crippen molar-refractivity contribution in [2.45, 2.75) is 13.5 Å². The van der Waals surface area contributed by atoms with E-state index in [1.807, 2.05) is 18.2 Å². The van der Waals surface area contributed by atoms with Crippen molar-refractivity contribution in [1.29, 1.82) is 0 Å². The Kier molecular flexibility index (Phi) is 3.56. The smallest absolute Gasteiger partial charge is 0.0484 e. The minimum absolute atomic E-state index is 0.588. The van der Waals surface area contributed by atoms with E-state index in [2.05, 4.69) is 28.2 Å². The van der Waals surface area contributed by atoms with Crippen molar-refractivity contribution >= 4 is 21.6 Å². The number of hydrogen-bond acceptors (Lipinski definition) is 2. The second-order valence-corrected chi connectivity index (χ2v) is 3.40. The average Bonchev–Trinajstić information content (AvgIpc) is 2.09. The molecule has 0 heterocycles. The van der Waals surface area contributed by atoms with Crippen molar-refractivity contribution in [2.24, 2.45) is 5.73 Å². The minimum Gasteiger partial charge on any atom is -0.384 e. The van der Waals surface area contributed by atoms with Crippen LogP contribution in [0.4, 0.5) is 5.69 Å². The van der Waals surface area contributed by atoms with Crippen LogP contribution in [0.15, 0.2) is 22.7 Å². The predicted octanol–water partition coefficient (Wildman–Crippen LogP) is 2.34. The fourth-order valence-electron chi connectivity index (χ4n) is 1.02. The lowest BCUT2D eigenvalue weighted by molar-refractivity contribution is 1.07. The second-order valence-electron chi connectivity index (χ2n) is 2.55. The molecule has 3 heteroatoms. The Morgan fingerprint density at radius 2 is 2.25 bits per heavy atom. The Morgan fingerprint density at radius 3 is 2.75 bits per heavy atom.